The van der Waals surface area contributed by atoms with Gasteiger partial charge in [0.1, 0.15) is 22.7 Å². The molecule has 28 heavy (non-hydrogen) atoms. The minimum absolute atomic E-state index is 0.0229. The van der Waals surface area contributed by atoms with Crippen molar-refractivity contribution < 1.29 is 28.6 Å². The van der Waals surface area contributed by atoms with E-state index in [2.05, 4.69) is 10.3 Å². The second-order valence-electron chi connectivity index (χ2n) is 7.97. The summed E-state index contributed by atoms with van der Waals surface area (Å²) in [4.78, 5) is 30.3. The molecule has 2 N–H and O–H groups in total. The lowest BCUT2D eigenvalue weighted by molar-refractivity contribution is -0.143. The normalized spacial score (nSPS) is 26.6. The molecule has 2 amide bonds. The van der Waals surface area contributed by atoms with Crippen molar-refractivity contribution in [2.75, 3.05) is 20.3 Å². The van der Waals surface area contributed by atoms with Gasteiger partial charge in [-0.1, -0.05) is 0 Å². The molecule has 2 aliphatic rings. The summed E-state index contributed by atoms with van der Waals surface area (Å²) in [5, 5.41) is 12.9. The molecule has 0 saturated carbocycles. The molecule has 152 valence electrons. The summed E-state index contributed by atoms with van der Waals surface area (Å²) in [7, 11) is 1.48. The third-order valence-corrected chi connectivity index (χ3v) is 4.78. The number of carbonyl (C=O) groups is 2. The molecule has 1 aromatic carbocycles. The number of halogens is 1. The monoisotopic (exact) mass is 393 g/mol. The maximum absolute atomic E-state index is 14.7. The number of phenolic OH excluding ortho intramolecular Hbond substituents is 1. The van der Waals surface area contributed by atoms with Crippen LogP contribution in [0.15, 0.2) is 23.2 Å². The largest absolute Gasteiger partial charge is 0.508 e. The number of fused-ring (bicyclic) bond motifs is 1. The molecule has 2 atom stereocenters. The van der Waals surface area contributed by atoms with Gasteiger partial charge in [0.05, 0.1) is 12.5 Å². The quantitative estimate of drug-likeness (QED) is 0.758. The third kappa shape index (κ3) is 3.66. The molecule has 0 bridgehead atoms. The number of carbonyl (C=O) groups excluding carboxylic acids is 2. The molecule has 0 unspecified atom stereocenters. The fraction of sp³-hybridized carbons (Fsp3) is 0.526. The zero-order valence-corrected chi connectivity index (χ0v) is 16.3. The van der Waals surface area contributed by atoms with Crippen molar-refractivity contribution in [2.24, 2.45) is 10.9 Å². The first-order chi connectivity index (χ1) is 13.0. The van der Waals surface area contributed by atoms with Crippen molar-refractivity contribution in [3.63, 3.8) is 0 Å². The van der Waals surface area contributed by atoms with Crippen molar-refractivity contribution in [3.8, 4) is 5.75 Å². The molecular formula is C19H24FN3O5. The van der Waals surface area contributed by atoms with E-state index in [0.717, 1.165) is 6.07 Å². The van der Waals surface area contributed by atoms with E-state index in [1.807, 2.05) is 0 Å². The van der Waals surface area contributed by atoms with Gasteiger partial charge in [0.15, 0.2) is 0 Å². The molecule has 0 aliphatic carbocycles. The minimum atomic E-state index is -1.30. The van der Waals surface area contributed by atoms with Crippen molar-refractivity contribution >= 4 is 18.0 Å². The second kappa shape index (κ2) is 7.05. The van der Waals surface area contributed by atoms with Gasteiger partial charge in [0, 0.05) is 19.2 Å². The van der Waals surface area contributed by atoms with Crippen LogP contribution in [-0.2, 0) is 19.8 Å². The number of benzene rings is 1. The Kier molecular flexibility index (Phi) is 5.05. The summed E-state index contributed by atoms with van der Waals surface area (Å²) in [5.74, 6) is -1.79. The highest BCUT2D eigenvalue weighted by atomic mass is 19.1. The molecule has 0 radical (unpaired) electrons. The Bertz CT molecular complexity index is 835. The number of aliphatic imine (C=N–C) groups is 1. The zero-order valence-electron chi connectivity index (χ0n) is 16.3. The maximum atomic E-state index is 14.7. The van der Waals surface area contributed by atoms with Crippen LogP contribution in [0.1, 0.15) is 32.8 Å². The second-order valence-corrected chi connectivity index (χ2v) is 7.97. The highest BCUT2D eigenvalue weighted by Gasteiger charge is 2.54. The lowest BCUT2D eigenvalue weighted by Crippen LogP contribution is -2.68. The van der Waals surface area contributed by atoms with Crippen molar-refractivity contribution in [2.45, 2.75) is 38.3 Å². The Morgan fingerprint density at radius 1 is 1.46 bits per heavy atom. The molecule has 2 heterocycles. The SMILES string of the molecule is CN1C(=O)[C@@H]2CCOC[C@]2(c2cc(O)ccc2F)N/C1=N/C(=O)OC(C)(C)C. The highest BCUT2D eigenvalue weighted by Crippen LogP contribution is 2.41. The van der Waals surface area contributed by atoms with E-state index in [9.17, 15) is 19.1 Å². The minimum Gasteiger partial charge on any atom is -0.508 e. The fourth-order valence-electron chi connectivity index (χ4n) is 3.52. The summed E-state index contributed by atoms with van der Waals surface area (Å²) >= 11 is 0. The predicted octanol–water partition coefficient (Wildman–Crippen LogP) is 2.12. The number of hydrogen-bond acceptors (Lipinski definition) is 5. The van der Waals surface area contributed by atoms with Gasteiger partial charge in [0.25, 0.3) is 0 Å². The van der Waals surface area contributed by atoms with Crippen LogP contribution < -0.4 is 5.32 Å². The van der Waals surface area contributed by atoms with Gasteiger partial charge < -0.3 is 19.9 Å². The van der Waals surface area contributed by atoms with Crippen LogP contribution in [0.2, 0.25) is 0 Å². The average molecular weight is 393 g/mol. The van der Waals surface area contributed by atoms with Crippen molar-refractivity contribution in [3.05, 3.63) is 29.6 Å². The molecule has 2 fully saturated rings. The van der Waals surface area contributed by atoms with Crippen molar-refractivity contribution in [1.82, 2.24) is 10.2 Å². The van der Waals surface area contributed by atoms with Crippen LogP contribution in [0.5, 0.6) is 5.75 Å². The number of guanidine groups is 1. The number of aromatic hydroxyl groups is 1. The maximum Gasteiger partial charge on any atom is 0.437 e. The van der Waals surface area contributed by atoms with Crippen LogP contribution in [0.3, 0.4) is 0 Å². The molecule has 2 saturated heterocycles. The van der Waals surface area contributed by atoms with E-state index in [4.69, 9.17) is 9.47 Å². The first-order valence-corrected chi connectivity index (χ1v) is 8.98. The first kappa shape index (κ1) is 20.1. The third-order valence-electron chi connectivity index (χ3n) is 4.78. The summed E-state index contributed by atoms with van der Waals surface area (Å²) in [5.41, 5.74) is -1.98. The summed E-state index contributed by atoms with van der Waals surface area (Å²) < 4.78 is 25.4. The number of rotatable bonds is 1. The number of amides is 2. The van der Waals surface area contributed by atoms with Gasteiger partial charge in [-0.2, -0.15) is 0 Å². The smallest absolute Gasteiger partial charge is 0.437 e. The first-order valence-electron chi connectivity index (χ1n) is 8.98. The van der Waals surface area contributed by atoms with Gasteiger partial charge >= 0.3 is 6.09 Å². The van der Waals surface area contributed by atoms with Gasteiger partial charge in [-0.05, 0) is 45.4 Å². The van der Waals surface area contributed by atoms with Gasteiger partial charge in [-0.15, -0.1) is 4.99 Å². The van der Waals surface area contributed by atoms with E-state index in [-0.39, 0.29) is 29.8 Å². The number of nitrogens with zero attached hydrogens (tertiary/aromatic N) is 2. The molecule has 8 nitrogen and oxygen atoms in total. The Morgan fingerprint density at radius 2 is 2.18 bits per heavy atom. The number of hydrogen-bond donors (Lipinski definition) is 2. The summed E-state index contributed by atoms with van der Waals surface area (Å²) in [6.07, 6.45) is -0.526. The van der Waals surface area contributed by atoms with Crippen LogP contribution in [0, 0.1) is 11.7 Å². The van der Waals surface area contributed by atoms with Crippen LogP contribution in [-0.4, -0.2) is 53.8 Å². The predicted molar refractivity (Wildman–Crippen MR) is 98.2 cm³/mol. The molecular weight excluding hydrogens is 369 g/mol. The van der Waals surface area contributed by atoms with Crippen molar-refractivity contribution in [1.29, 1.82) is 0 Å². The van der Waals surface area contributed by atoms with Crippen LogP contribution >= 0.6 is 0 Å². The summed E-state index contributed by atoms with van der Waals surface area (Å²) in [6.45, 7) is 5.41. The number of phenols is 1. The number of nitrogens with one attached hydrogen (secondary N) is 1. The van der Waals surface area contributed by atoms with Gasteiger partial charge in [-0.3, -0.25) is 9.69 Å². The fourth-order valence-corrected chi connectivity index (χ4v) is 3.52. The van der Waals surface area contributed by atoms with E-state index < -0.39 is 29.0 Å². The molecule has 0 aromatic heterocycles. The Balaban J connectivity index is 2.07. The van der Waals surface area contributed by atoms with Gasteiger partial charge in [-0.25, -0.2) is 9.18 Å². The topological polar surface area (TPSA) is 100 Å². The standard InChI is InChI=1S/C19H24FN3O5/c1-18(2,3)28-17(26)21-16-22-19(13-9-11(24)5-6-14(13)20)10-27-8-7-12(19)15(25)23(16)4/h5-6,9,12,24H,7-8,10H2,1-4H3,(H,21,22,26)/t12-,19-/m0/s1. The van der Waals surface area contributed by atoms with Gasteiger partial charge in [0.2, 0.25) is 11.9 Å². The van der Waals surface area contributed by atoms with Crippen LogP contribution in [0.4, 0.5) is 9.18 Å². The van der Waals surface area contributed by atoms with E-state index in [1.165, 1.54) is 24.1 Å². The Morgan fingerprint density at radius 3 is 2.86 bits per heavy atom. The molecule has 1 aromatic rings. The highest BCUT2D eigenvalue weighted by molar-refractivity contribution is 6.04. The van der Waals surface area contributed by atoms with Crippen LogP contribution in [0.25, 0.3) is 0 Å². The van der Waals surface area contributed by atoms with E-state index in [1.54, 1.807) is 20.8 Å². The summed E-state index contributed by atoms with van der Waals surface area (Å²) in [6, 6.07) is 3.61. The molecule has 2 aliphatic heterocycles. The molecule has 0 spiro atoms. The molecule has 3 rings (SSSR count). The van der Waals surface area contributed by atoms with E-state index in [0.29, 0.717) is 13.0 Å². The average Bonchev–Trinajstić information content (AvgIpc) is 2.60. The lowest BCUT2D eigenvalue weighted by atomic mass is 9.73. The number of ether oxygens (including phenoxy) is 2. The van der Waals surface area contributed by atoms with E-state index >= 15 is 0 Å². The zero-order chi connectivity index (χ0) is 20.7. The lowest BCUT2D eigenvalue weighted by Gasteiger charge is -2.49. The Hall–Kier alpha value is -2.68. The Labute approximate surface area is 162 Å². The molecule has 9 heteroatoms.